The Balaban J connectivity index is 1.98. The van der Waals surface area contributed by atoms with E-state index in [0.29, 0.717) is 5.69 Å². The lowest BCUT2D eigenvalue weighted by atomic mass is 9.96. The highest BCUT2D eigenvalue weighted by atomic mass is 15.1. The topological polar surface area (TPSA) is 39.9 Å². The van der Waals surface area contributed by atoms with Gasteiger partial charge in [-0.1, -0.05) is 19.8 Å². The summed E-state index contributed by atoms with van der Waals surface area (Å²) in [5.41, 5.74) is 1.66. The van der Waals surface area contributed by atoms with Crippen LogP contribution in [0.25, 0.3) is 0 Å². The number of hydrogen-bond donors (Lipinski definition) is 0. The van der Waals surface area contributed by atoms with Gasteiger partial charge in [-0.15, -0.1) is 0 Å². The Morgan fingerprint density at radius 1 is 1.39 bits per heavy atom. The van der Waals surface area contributed by atoms with E-state index in [1.54, 1.807) is 0 Å². The average Bonchev–Trinajstić information content (AvgIpc) is 2.65. The van der Waals surface area contributed by atoms with Gasteiger partial charge in [-0.25, -0.2) is 4.98 Å². The zero-order valence-electron chi connectivity index (χ0n) is 11.1. The van der Waals surface area contributed by atoms with E-state index >= 15 is 0 Å². The number of nitrogens with zero attached hydrogens (tertiary/aromatic N) is 3. The van der Waals surface area contributed by atoms with Gasteiger partial charge in [-0.3, -0.25) is 0 Å². The van der Waals surface area contributed by atoms with E-state index in [4.69, 9.17) is 5.26 Å². The highest BCUT2D eigenvalue weighted by Crippen LogP contribution is 2.25. The van der Waals surface area contributed by atoms with Crippen LogP contribution in [0.3, 0.4) is 0 Å². The van der Waals surface area contributed by atoms with Crippen molar-refractivity contribution in [1.29, 1.82) is 5.26 Å². The summed E-state index contributed by atoms with van der Waals surface area (Å²) in [6.07, 6.45) is 8.40. The molecular formula is C15H21N3. The van der Waals surface area contributed by atoms with Gasteiger partial charge in [-0.05, 0) is 37.3 Å². The van der Waals surface area contributed by atoms with Gasteiger partial charge in [0.05, 0.1) is 11.9 Å². The number of nitriles is 1. The van der Waals surface area contributed by atoms with Crippen molar-refractivity contribution in [2.24, 2.45) is 5.92 Å². The Bertz CT molecular complexity index is 405. The van der Waals surface area contributed by atoms with E-state index in [-0.39, 0.29) is 0 Å². The SMILES string of the molecule is CCCC1CCCN(c2ccc(C#N)nc2)CC1. The fraction of sp³-hybridized carbons (Fsp3) is 0.600. The molecule has 0 radical (unpaired) electrons. The molecule has 1 aromatic rings. The van der Waals surface area contributed by atoms with Gasteiger partial charge in [0.25, 0.3) is 0 Å². The standard InChI is InChI=1S/C15H21N3/c1-2-4-13-5-3-9-18(10-8-13)15-7-6-14(11-16)17-12-15/h6-7,12-13H,2-5,8-10H2,1H3. The molecule has 2 heterocycles. The first-order chi connectivity index (χ1) is 8.83. The van der Waals surface area contributed by atoms with Crippen LogP contribution in [0.4, 0.5) is 5.69 Å². The second kappa shape index (κ2) is 6.39. The Hall–Kier alpha value is -1.56. The van der Waals surface area contributed by atoms with Gasteiger partial charge in [0, 0.05) is 13.1 Å². The van der Waals surface area contributed by atoms with Gasteiger partial charge in [0.2, 0.25) is 0 Å². The number of pyridine rings is 1. The lowest BCUT2D eigenvalue weighted by Gasteiger charge is -2.22. The Kier molecular flexibility index (Phi) is 4.58. The molecule has 1 unspecified atom stereocenters. The van der Waals surface area contributed by atoms with Crippen molar-refractivity contribution in [3.8, 4) is 6.07 Å². The van der Waals surface area contributed by atoms with Gasteiger partial charge in [0.15, 0.2) is 0 Å². The molecule has 1 atom stereocenters. The van der Waals surface area contributed by atoms with Gasteiger partial charge < -0.3 is 4.90 Å². The highest BCUT2D eigenvalue weighted by Gasteiger charge is 2.16. The summed E-state index contributed by atoms with van der Waals surface area (Å²) in [5.74, 6) is 0.895. The van der Waals surface area contributed by atoms with Crippen LogP contribution in [0.1, 0.15) is 44.7 Å². The second-order valence-electron chi connectivity index (χ2n) is 5.09. The minimum atomic E-state index is 0.498. The van der Waals surface area contributed by atoms with Gasteiger partial charge in [-0.2, -0.15) is 5.26 Å². The number of hydrogen-bond acceptors (Lipinski definition) is 3. The summed E-state index contributed by atoms with van der Waals surface area (Å²) in [5, 5.41) is 8.75. The Labute approximate surface area is 109 Å². The maximum atomic E-state index is 8.75. The zero-order valence-corrected chi connectivity index (χ0v) is 11.1. The maximum Gasteiger partial charge on any atom is 0.140 e. The van der Waals surface area contributed by atoms with Crippen LogP contribution in [-0.4, -0.2) is 18.1 Å². The van der Waals surface area contributed by atoms with Crippen molar-refractivity contribution in [3.63, 3.8) is 0 Å². The molecule has 1 aliphatic rings. The molecule has 2 rings (SSSR count). The quantitative estimate of drug-likeness (QED) is 0.817. The van der Waals surface area contributed by atoms with E-state index < -0.39 is 0 Å². The molecule has 96 valence electrons. The Morgan fingerprint density at radius 2 is 2.28 bits per heavy atom. The molecule has 0 aliphatic carbocycles. The molecular weight excluding hydrogens is 222 g/mol. The molecule has 1 saturated heterocycles. The van der Waals surface area contributed by atoms with E-state index in [9.17, 15) is 0 Å². The third-order valence-corrected chi connectivity index (χ3v) is 3.77. The van der Waals surface area contributed by atoms with Crippen LogP contribution in [0.5, 0.6) is 0 Å². The van der Waals surface area contributed by atoms with Crippen LogP contribution in [0.2, 0.25) is 0 Å². The van der Waals surface area contributed by atoms with Crippen molar-refractivity contribution in [2.75, 3.05) is 18.0 Å². The molecule has 0 amide bonds. The molecule has 1 fully saturated rings. The molecule has 1 aromatic heterocycles. The summed E-state index contributed by atoms with van der Waals surface area (Å²) in [6, 6.07) is 5.89. The van der Waals surface area contributed by atoms with E-state index in [2.05, 4.69) is 22.9 Å². The summed E-state index contributed by atoms with van der Waals surface area (Å²) >= 11 is 0. The van der Waals surface area contributed by atoms with Crippen molar-refractivity contribution in [1.82, 2.24) is 4.98 Å². The van der Waals surface area contributed by atoms with E-state index in [1.165, 1.54) is 32.1 Å². The van der Waals surface area contributed by atoms with E-state index in [0.717, 1.165) is 24.7 Å². The second-order valence-corrected chi connectivity index (χ2v) is 5.09. The average molecular weight is 243 g/mol. The van der Waals surface area contributed by atoms with Crippen LogP contribution >= 0.6 is 0 Å². The summed E-state index contributed by atoms with van der Waals surface area (Å²) < 4.78 is 0. The normalized spacial score (nSPS) is 20.2. The summed E-state index contributed by atoms with van der Waals surface area (Å²) in [6.45, 7) is 4.51. The highest BCUT2D eigenvalue weighted by molar-refractivity contribution is 5.45. The molecule has 0 N–H and O–H groups in total. The molecule has 0 aromatic carbocycles. The smallest absolute Gasteiger partial charge is 0.140 e. The summed E-state index contributed by atoms with van der Waals surface area (Å²) in [4.78, 5) is 6.56. The minimum absolute atomic E-state index is 0.498. The number of aromatic nitrogens is 1. The molecule has 0 saturated carbocycles. The molecule has 3 heteroatoms. The van der Waals surface area contributed by atoms with Crippen molar-refractivity contribution in [2.45, 2.75) is 39.0 Å². The van der Waals surface area contributed by atoms with Gasteiger partial charge >= 0.3 is 0 Å². The summed E-state index contributed by atoms with van der Waals surface area (Å²) in [7, 11) is 0. The molecule has 0 spiro atoms. The largest absolute Gasteiger partial charge is 0.370 e. The monoisotopic (exact) mass is 243 g/mol. The first-order valence-electron chi connectivity index (χ1n) is 6.94. The van der Waals surface area contributed by atoms with Crippen LogP contribution in [0, 0.1) is 17.2 Å². The van der Waals surface area contributed by atoms with Crippen LogP contribution in [0.15, 0.2) is 18.3 Å². The van der Waals surface area contributed by atoms with Gasteiger partial charge in [0.1, 0.15) is 11.8 Å². The van der Waals surface area contributed by atoms with E-state index in [1.807, 2.05) is 18.3 Å². The number of anilines is 1. The third-order valence-electron chi connectivity index (χ3n) is 3.77. The minimum Gasteiger partial charge on any atom is -0.370 e. The first-order valence-corrected chi connectivity index (χ1v) is 6.94. The fourth-order valence-corrected chi connectivity index (χ4v) is 2.76. The molecule has 3 nitrogen and oxygen atoms in total. The lowest BCUT2D eigenvalue weighted by Crippen LogP contribution is -2.24. The predicted molar refractivity (Wildman–Crippen MR) is 73.4 cm³/mol. The predicted octanol–water partition coefficient (Wildman–Crippen LogP) is 3.36. The van der Waals surface area contributed by atoms with Crippen LogP contribution < -0.4 is 4.90 Å². The van der Waals surface area contributed by atoms with Crippen molar-refractivity contribution >= 4 is 5.69 Å². The molecule has 18 heavy (non-hydrogen) atoms. The zero-order chi connectivity index (χ0) is 12.8. The molecule has 0 bridgehead atoms. The lowest BCUT2D eigenvalue weighted by molar-refractivity contribution is 0.435. The molecule has 1 aliphatic heterocycles. The maximum absolute atomic E-state index is 8.75. The fourth-order valence-electron chi connectivity index (χ4n) is 2.76. The first kappa shape index (κ1) is 12.9. The third kappa shape index (κ3) is 3.22. The van der Waals surface area contributed by atoms with Crippen molar-refractivity contribution < 1.29 is 0 Å². The van der Waals surface area contributed by atoms with Crippen LogP contribution in [-0.2, 0) is 0 Å². The van der Waals surface area contributed by atoms with Crippen molar-refractivity contribution in [3.05, 3.63) is 24.0 Å². The Morgan fingerprint density at radius 3 is 2.94 bits per heavy atom. The number of rotatable bonds is 3.